The van der Waals surface area contributed by atoms with Gasteiger partial charge in [0.05, 0.1) is 18.7 Å². The molecule has 1 aromatic carbocycles. The molecule has 0 aliphatic carbocycles. The average molecular weight is 204 g/mol. The van der Waals surface area contributed by atoms with Crippen molar-refractivity contribution in [1.82, 2.24) is 10.4 Å². The molecule has 2 aliphatic rings. The van der Waals surface area contributed by atoms with Gasteiger partial charge in [0.2, 0.25) is 0 Å². The van der Waals surface area contributed by atoms with Crippen molar-refractivity contribution in [3.8, 4) is 0 Å². The molecule has 15 heavy (non-hydrogen) atoms. The first-order valence-electron chi connectivity index (χ1n) is 5.11. The number of hydrogen-bond acceptors (Lipinski definition) is 4. The molecule has 4 heteroatoms. The van der Waals surface area contributed by atoms with Crippen LogP contribution in [0.3, 0.4) is 0 Å². The Kier molecular flexibility index (Phi) is 1.97. The first-order valence-corrected chi connectivity index (χ1v) is 5.11. The van der Waals surface area contributed by atoms with Crippen LogP contribution in [0.25, 0.3) is 0 Å². The number of piperazine rings is 1. The van der Waals surface area contributed by atoms with Crippen molar-refractivity contribution in [2.75, 3.05) is 13.1 Å². The fraction of sp³-hybridized carbons (Fsp3) is 0.364. The molecule has 0 saturated carbocycles. The van der Waals surface area contributed by atoms with Crippen LogP contribution in [0.1, 0.15) is 10.4 Å². The Balaban J connectivity index is 1.61. The molecule has 0 radical (unpaired) electrons. The molecule has 2 unspecified atom stereocenters. The summed E-state index contributed by atoms with van der Waals surface area (Å²) < 4.78 is 0. The first-order chi connectivity index (χ1) is 7.33. The Morgan fingerprint density at radius 3 is 2.60 bits per heavy atom. The Hall–Kier alpha value is -1.39. The summed E-state index contributed by atoms with van der Waals surface area (Å²) in [7, 11) is 0. The fourth-order valence-corrected chi connectivity index (χ4v) is 1.91. The van der Waals surface area contributed by atoms with E-state index < -0.39 is 0 Å². The highest BCUT2D eigenvalue weighted by Crippen LogP contribution is 2.22. The topological polar surface area (TPSA) is 51.5 Å². The largest absolute Gasteiger partial charge is 0.364 e. The lowest BCUT2D eigenvalue weighted by molar-refractivity contribution is -0.0982. The third-order valence-electron chi connectivity index (χ3n) is 2.83. The molecule has 4 nitrogen and oxygen atoms in total. The van der Waals surface area contributed by atoms with Crippen LogP contribution in [0.4, 0.5) is 0 Å². The highest BCUT2D eigenvalue weighted by Gasteiger charge is 2.46. The van der Waals surface area contributed by atoms with Crippen LogP contribution < -0.4 is 5.32 Å². The van der Waals surface area contributed by atoms with Crippen molar-refractivity contribution in [2.24, 2.45) is 0 Å². The molecule has 0 bridgehead atoms. The van der Waals surface area contributed by atoms with E-state index in [0.717, 1.165) is 13.1 Å². The Labute approximate surface area is 87.8 Å². The molecule has 2 heterocycles. The van der Waals surface area contributed by atoms with E-state index in [0.29, 0.717) is 17.6 Å². The summed E-state index contributed by atoms with van der Waals surface area (Å²) in [5, 5.41) is 5.02. The molecular weight excluding hydrogens is 192 g/mol. The summed E-state index contributed by atoms with van der Waals surface area (Å²) in [5.74, 6) is -0.267. The number of fused-ring (bicyclic) bond motifs is 1. The van der Waals surface area contributed by atoms with Gasteiger partial charge < -0.3 is 10.2 Å². The molecular formula is C11H12N2O2. The summed E-state index contributed by atoms with van der Waals surface area (Å²) in [4.78, 5) is 16.9. The second-order valence-corrected chi connectivity index (χ2v) is 3.97. The predicted molar refractivity (Wildman–Crippen MR) is 54.1 cm³/mol. The molecule has 2 fully saturated rings. The number of rotatable bonds is 2. The zero-order valence-electron chi connectivity index (χ0n) is 8.22. The second-order valence-electron chi connectivity index (χ2n) is 3.97. The van der Waals surface area contributed by atoms with Crippen LogP contribution in [0.5, 0.6) is 0 Å². The third kappa shape index (κ3) is 1.73. The normalized spacial score (nSPS) is 28.5. The van der Waals surface area contributed by atoms with E-state index in [9.17, 15) is 4.79 Å². The van der Waals surface area contributed by atoms with Crippen LogP contribution in [0, 0.1) is 0 Å². The minimum Gasteiger partial charge on any atom is -0.364 e. The summed E-state index contributed by atoms with van der Waals surface area (Å²) in [6.45, 7) is 1.62. The van der Waals surface area contributed by atoms with Crippen LogP contribution in [0.15, 0.2) is 30.3 Å². The lowest BCUT2D eigenvalue weighted by Crippen LogP contribution is -2.30. The van der Waals surface area contributed by atoms with Gasteiger partial charge in [-0.2, -0.15) is 0 Å². The van der Waals surface area contributed by atoms with E-state index >= 15 is 0 Å². The van der Waals surface area contributed by atoms with E-state index in [1.807, 2.05) is 18.2 Å². The van der Waals surface area contributed by atoms with Crippen LogP contribution in [-0.4, -0.2) is 36.2 Å². The van der Waals surface area contributed by atoms with Crippen molar-refractivity contribution in [1.29, 1.82) is 0 Å². The highest BCUT2D eigenvalue weighted by molar-refractivity contribution is 5.89. The fourth-order valence-electron chi connectivity index (χ4n) is 1.91. The molecule has 2 aliphatic heterocycles. The van der Waals surface area contributed by atoms with Crippen molar-refractivity contribution >= 4 is 5.97 Å². The smallest absolute Gasteiger partial charge is 0.357 e. The quantitative estimate of drug-likeness (QED) is 0.709. The van der Waals surface area contributed by atoms with Crippen LogP contribution in [-0.2, 0) is 4.84 Å². The van der Waals surface area contributed by atoms with Gasteiger partial charge in [-0.3, -0.25) is 0 Å². The Morgan fingerprint density at radius 1 is 1.27 bits per heavy atom. The maximum Gasteiger partial charge on any atom is 0.357 e. The third-order valence-corrected chi connectivity index (χ3v) is 2.83. The van der Waals surface area contributed by atoms with Gasteiger partial charge in [0, 0.05) is 12.1 Å². The number of hydroxylamine groups is 2. The zero-order chi connectivity index (χ0) is 10.3. The lowest BCUT2D eigenvalue weighted by atomic mass is 10.2. The molecule has 78 valence electrons. The maximum atomic E-state index is 11.6. The standard InChI is InChI=1S/C11H12N2O2/c14-11(8-4-2-1-3-5-8)15-13-6-9-10(7-13)12-9/h1-5,9-10,12H,6-7H2. The van der Waals surface area contributed by atoms with Gasteiger partial charge in [0.1, 0.15) is 0 Å². The van der Waals surface area contributed by atoms with Gasteiger partial charge in [-0.15, -0.1) is 5.06 Å². The summed E-state index contributed by atoms with van der Waals surface area (Å²) in [5.41, 5.74) is 0.603. The minimum absolute atomic E-state index is 0.267. The number of hydrogen-bond donors (Lipinski definition) is 1. The van der Waals surface area contributed by atoms with E-state index in [1.165, 1.54) is 0 Å². The number of nitrogens with zero attached hydrogens (tertiary/aromatic N) is 1. The monoisotopic (exact) mass is 204 g/mol. The SMILES string of the molecule is O=C(ON1CC2NC2C1)c1ccccc1. The van der Waals surface area contributed by atoms with Crippen molar-refractivity contribution < 1.29 is 9.63 Å². The van der Waals surface area contributed by atoms with Crippen LogP contribution in [0.2, 0.25) is 0 Å². The van der Waals surface area contributed by atoms with Crippen molar-refractivity contribution in [2.45, 2.75) is 12.1 Å². The molecule has 0 spiro atoms. The van der Waals surface area contributed by atoms with Gasteiger partial charge in [-0.25, -0.2) is 4.79 Å². The van der Waals surface area contributed by atoms with E-state index in [4.69, 9.17) is 4.84 Å². The number of carbonyl (C=O) groups excluding carboxylic acids is 1. The Morgan fingerprint density at radius 2 is 1.93 bits per heavy atom. The molecule has 1 aromatic rings. The van der Waals surface area contributed by atoms with Crippen LogP contribution >= 0.6 is 0 Å². The summed E-state index contributed by atoms with van der Waals surface area (Å²) in [6, 6.07) is 10.1. The van der Waals surface area contributed by atoms with E-state index in [2.05, 4.69) is 5.32 Å². The lowest BCUT2D eigenvalue weighted by Gasteiger charge is -2.16. The average Bonchev–Trinajstić information content (AvgIpc) is 2.88. The molecule has 2 saturated heterocycles. The van der Waals surface area contributed by atoms with Gasteiger partial charge >= 0.3 is 5.97 Å². The van der Waals surface area contributed by atoms with E-state index in [-0.39, 0.29) is 5.97 Å². The van der Waals surface area contributed by atoms with Crippen molar-refractivity contribution in [3.63, 3.8) is 0 Å². The molecule has 3 rings (SSSR count). The highest BCUT2D eigenvalue weighted by atomic mass is 16.7. The van der Waals surface area contributed by atoms with Gasteiger partial charge in [0.25, 0.3) is 0 Å². The number of nitrogens with one attached hydrogen (secondary N) is 1. The van der Waals surface area contributed by atoms with Gasteiger partial charge in [-0.05, 0) is 12.1 Å². The first kappa shape index (κ1) is 8.88. The molecule has 0 aromatic heterocycles. The number of carbonyl (C=O) groups is 1. The van der Waals surface area contributed by atoms with Gasteiger partial charge in [-0.1, -0.05) is 18.2 Å². The molecule has 1 N–H and O–H groups in total. The van der Waals surface area contributed by atoms with Gasteiger partial charge in [0.15, 0.2) is 0 Å². The predicted octanol–water partition coefficient (Wildman–Crippen LogP) is 0.414. The maximum absolute atomic E-state index is 11.6. The summed E-state index contributed by atoms with van der Waals surface area (Å²) >= 11 is 0. The van der Waals surface area contributed by atoms with Crippen molar-refractivity contribution in [3.05, 3.63) is 35.9 Å². The minimum atomic E-state index is -0.267. The zero-order valence-corrected chi connectivity index (χ0v) is 8.22. The van der Waals surface area contributed by atoms with E-state index in [1.54, 1.807) is 17.2 Å². The number of benzene rings is 1. The molecule has 2 atom stereocenters. The second kappa shape index (κ2) is 3.32. The Bertz CT molecular complexity index is 369. The molecule has 0 amide bonds. The summed E-state index contributed by atoms with van der Waals surface area (Å²) in [6.07, 6.45) is 0.